The number of carboxylic acids is 1. The molecule has 1 amide bonds. The number of likely N-dealkylation sites (N-methyl/N-ethyl adjacent to an activating group) is 1. The van der Waals surface area contributed by atoms with Crippen LogP contribution in [0.15, 0.2) is 57.4 Å². The molecule has 1 saturated heterocycles. The maximum atomic E-state index is 12.8. The lowest BCUT2D eigenvalue weighted by Crippen LogP contribution is -2.23. The van der Waals surface area contributed by atoms with E-state index in [0.717, 1.165) is 10.0 Å². The van der Waals surface area contributed by atoms with Gasteiger partial charge in [0.15, 0.2) is 16.7 Å². The first kappa shape index (κ1) is 23.6. The number of carbonyl (C=O) groups excluding carboxylic acids is 1. The Morgan fingerprint density at radius 1 is 1.34 bits per heavy atom. The zero-order valence-corrected chi connectivity index (χ0v) is 20.1. The molecule has 0 unspecified atom stereocenters. The summed E-state index contributed by atoms with van der Waals surface area (Å²) in [5, 5.41) is 9.79. The van der Waals surface area contributed by atoms with E-state index in [2.05, 4.69) is 27.5 Å². The van der Waals surface area contributed by atoms with Crippen molar-refractivity contribution in [1.82, 2.24) is 4.90 Å². The lowest BCUT2D eigenvalue weighted by Gasteiger charge is -2.11. The summed E-state index contributed by atoms with van der Waals surface area (Å²) in [5.41, 5.74) is 1.95. The van der Waals surface area contributed by atoms with Gasteiger partial charge >= 0.3 is 5.97 Å². The molecule has 1 fully saturated rings. The monoisotopic (exact) mass is 516 g/mol. The molecule has 2 aromatic rings. The summed E-state index contributed by atoms with van der Waals surface area (Å²) in [5.74, 6) is -0.146. The van der Waals surface area contributed by atoms with Crippen LogP contribution in [0.4, 0.5) is 5.69 Å². The predicted octanol–water partition coefficient (Wildman–Crippen LogP) is 5.26. The van der Waals surface area contributed by atoms with Crippen LogP contribution in [-0.4, -0.2) is 47.8 Å². The third-order valence-corrected chi connectivity index (χ3v) is 6.43. The fourth-order valence-electron chi connectivity index (χ4n) is 2.95. The summed E-state index contributed by atoms with van der Waals surface area (Å²) in [6.07, 6.45) is 3.39. The van der Waals surface area contributed by atoms with Crippen LogP contribution in [0.1, 0.15) is 21.5 Å². The van der Waals surface area contributed by atoms with E-state index < -0.39 is 5.97 Å². The second-order valence-electron chi connectivity index (χ2n) is 6.75. The van der Waals surface area contributed by atoms with Crippen LogP contribution in [0.2, 0.25) is 0 Å². The zero-order chi connectivity index (χ0) is 23.4. The number of amidine groups is 1. The van der Waals surface area contributed by atoms with Gasteiger partial charge in [0.2, 0.25) is 0 Å². The number of carboxylic acid groups (broad SMARTS) is 1. The third-order valence-electron chi connectivity index (χ3n) is 4.68. The largest absolute Gasteiger partial charge is 0.493 e. The molecule has 0 radical (unpaired) electrons. The van der Waals surface area contributed by atoms with E-state index in [1.165, 1.54) is 22.7 Å². The van der Waals surface area contributed by atoms with Gasteiger partial charge < -0.3 is 14.6 Å². The molecule has 1 aliphatic heterocycles. The minimum atomic E-state index is -1.02. The highest BCUT2D eigenvalue weighted by Gasteiger charge is 2.31. The van der Waals surface area contributed by atoms with E-state index in [-0.39, 0.29) is 11.5 Å². The Morgan fingerprint density at radius 2 is 2.09 bits per heavy atom. The number of thioether (sulfide) groups is 1. The Morgan fingerprint density at radius 3 is 2.75 bits per heavy atom. The second-order valence-corrected chi connectivity index (χ2v) is 8.61. The normalized spacial score (nSPS) is 16.0. The number of nitrogens with zero attached hydrogens (tertiary/aromatic N) is 2. The van der Waals surface area contributed by atoms with Crippen LogP contribution in [0.3, 0.4) is 0 Å². The van der Waals surface area contributed by atoms with Crippen LogP contribution in [0.25, 0.3) is 6.08 Å². The van der Waals surface area contributed by atoms with Gasteiger partial charge in [0.1, 0.15) is 6.61 Å². The van der Waals surface area contributed by atoms with Crippen molar-refractivity contribution < 1.29 is 24.2 Å². The third kappa shape index (κ3) is 4.89. The number of carbonyl (C=O) groups is 2. The number of halogens is 1. The quantitative estimate of drug-likeness (QED) is 0.398. The van der Waals surface area contributed by atoms with Gasteiger partial charge in [-0.1, -0.05) is 34.7 Å². The Labute approximate surface area is 198 Å². The number of aromatic carboxylic acids is 1. The minimum Gasteiger partial charge on any atom is -0.493 e. The van der Waals surface area contributed by atoms with Crippen LogP contribution in [-0.2, 0) is 4.79 Å². The van der Waals surface area contributed by atoms with Gasteiger partial charge in [0.05, 0.1) is 23.3 Å². The van der Waals surface area contributed by atoms with E-state index in [1.807, 2.05) is 0 Å². The van der Waals surface area contributed by atoms with Crippen LogP contribution >= 0.6 is 27.7 Å². The summed E-state index contributed by atoms with van der Waals surface area (Å²) in [6.45, 7) is 5.67. The van der Waals surface area contributed by atoms with Gasteiger partial charge in [-0.25, -0.2) is 9.79 Å². The number of aliphatic imine (C=N–C) groups is 1. The smallest absolute Gasteiger partial charge is 0.336 e. The minimum absolute atomic E-state index is 0.175. The molecular formula is C23H21BrN2O5S. The summed E-state index contributed by atoms with van der Waals surface area (Å²) in [7, 11) is 3.18. The Balaban J connectivity index is 1.96. The number of hydrogen-bond donors (Lipinski definition) is 1. The van der Waals surface area contributed by atoms with E-state index in [1.54, 1.807) is 57.5 Å². The van der Waals surface area contributed by atoms with Crippen molar-refractivity contribution in [3.8, 4) is 11.5 Å². The van der Waals surface area contributed by atoms with Crippen LogP contribution in [0.5, 0.6) is 11.5 Å². The van der Waals surface area contributed by atoms with Crippen molar-refractivity contribution in [1.29, 1.82) is 0 Å². The van der Waals surface area contributed by atoms with E-state index in [4.69, 9.17) is 9.47 Å². The van der Waals surface area contributed by atoms with Gasteiger partial charge in [0.25, 0.3) is 5.91 Å². The number of rotatable bonds is 7. The highest BCUT2D eigenvalue weighted by Crippen LogP contribution is 2.38. The van der Waals surface area contributed by atoms with Gasteiger partial charge in [-0.3, -0.25) is 9.69 Å². The molecule has 3 rings (SSSR count). The predicted molar refractivity (Wildman–Crippen MR) is 130 cm³/mol. The maximum Gasteiger partial charge on any atom is 0.336 e. The standard InChI is InChI=1S/C23H21BrN2O5S/c1-5-9-31-19-12-16(24)14(10-18(19)30-4)11-20-21(27)26(3)23(32-20)25-17-8-6-7-15(13(17)2)22(28)29/h5-8,10-12H,1,9H2,2-4H3,(H,28,29)/b20-11-,25-23?. The van der Waals surface area contributed by atoms with Crippen molar-refractivity contribution in [3.63, 3.8) is 0 Å². The lowest BCUT2D eigenvalue weighted by molar-refractivity contribution is -0.121. The molecule has 0 aromatic heterocycles. The Bertz CT molecular complexity index is 1160. The Kier molecular flexibility index (Phi) is 7.42. The van der Waals surface area contributed by atoms with Crippen molar-refractivity contribution >= 4 is 56.5 Å². The molecule has 0 atom stereocenters. The molecule has 0 saturated carbocycles. The molecular weight excluding hydrogens is 496 g/mol. The average molecular weight is 517 g/mol. The number of amides is 1. The van der Waals surface area contributed by atoms with Crippen molar-refractivity contribution in [2.45, 2.75) is 6.92 Å². The summed E-state index contributed by atoms with van der Waals surface area (Å²) in [6, 6.07) is 8.43. The number of ether oxygens (including phenoxy) is 2. The molecule has 166 valence electrons. The molecule has 9 heteroatoms. The van der Waals surface area contributed by atoms with Gasteiger partial charge in [-0.2, -0.15) is 0 Å². The second kappa shape index (κ2) is 10.1. The van der Waals surface area contributed by atoms with Gasteiger partial charge in [-0.15, -0.1) is 0 Å². The molecule has 0 bridgehead atoms. The highest BCUT2D eigenvalue weighted by atomic mass is 79.9. The van der Waals surface area contributed by atoms with E-state index >= 15 is 0 Å². The van der Waals surface area contributed by atoms with Crippen LogP contribution in [0, 0.1) is 6.92 Å². The average Bonchev–Trinajstić information content (AvgIpc) is 3.02. The topological polar surface area (TPSA) is 88.4 Å². The fourth-order valence-corrected chi connectivity index (χ4v) is 4.36. The molecule has 0 spiro atoms. The van der Waals surface area contributed by atoms with Gasteiger partial charge in [-0.05, 0) is 60.2 Å². The lowest BCUT2D eigenvalue weighted by atomic mass is 10.1. The number of hydrogen-bond acceptors (Lipinski definition) is 6. The molecule has 1 aliphatic rings. The molecule has 0 aliphatic carbocycles. The van der Waals surface area contributed by atoms with Gasteiger partial charge in [0, 0.05) is 11.5 Å². The Hall–Kier alpha value is -3.04. The van der Waals surface area contributed by atoms with E-state index in [9.17, 15) is 14.7 Å². The number of methoxy groups -OCH3 is 1. The summed E-state index contributed by atoms with van der Waals surface area (Å²) >= 11 is 4.73. The summed E-state index contributed by atoms with van der Waals surface area (Å²) in [4.78, 5) is 30.7. The van der Waals surface area contributed by atoms with E-state index in [0.29, 0.717) is 39.4 Å². The summed E-state index contributed by atoms with van der Waals surface area (Å²) < 4.78 is 11.8. The van der Waals surface area contributed by atoms with Crippen molar-refractivity contribution in [3.05, 3.63) is 69.1 Å². The van der Waals surface area contributed by atoms with Crippen LogP contribution < -0.4 is 9.47 Å². The zero-order valence-electron chi connectivity index (χ0n) is 17.7. The SMILES string of the molecule is C=CCOc1cc(Br)c(/C=C2\SC(=Nc3cccc(C(=O)O)c3C)N(C)C2=O)cc1OC. The fraction of sp³-hybridized carbons (Fsp3) is 0.174. The molecule has 7 nitrogen and oxygen atoms in total. The first-order chi connectivity index (χ1) is 15.3. The molecule has 1 heterocycles. The first-order valence-corrected chi connectivity index (χ1v) is 11.1. The number of benzene rings is 2. The van der Waals surface area contributed by atoms with Crippen molar-refractivity contribution in [2.24, 2.45) is 4.99 Å². The maximum absolute atomic E-state index is 12.8. The highest BCUT2D eigenvalue weighted by molar-refractivity contribution is 9.10. The molecule has 1 N–H and O–H groups in total. The first-order valence-electron chi connectivity index (χ1n) is 9.47. The molecule has 32 heavy (non-hydrogen) atoms. The molecule has 2 aromatic carbocycles. The van der Waals surface area contributed by atoms with Crippen molar-refractivity contribution in [2.75, 3.05) is 20.8 Å².